The maximum Gasteiger partial charge on any atom is 0.220 e. The van der Waals surface area contributed by atoms with Crippen LogP contribution in [0.1, 0.15) is 19.3 Å². The number of fused-ring (bicyclic) bond motifs is 1. The number of carbonyl (C=O) groups excluding carboxylic acids is 1. The summed E-state index contributed by atoms with van der Waals surface area (Å²) in [5.74, 6) is 0.623. The van der Waals surface area contributed by atoms with Crippen LogP contribution in [0.3, 0.4) is 0 Å². The van der Waals surface area contributed by atoms with Crippen LogP contribution in [0.5, 0.6) is 0 Å². The zero-order valence-electron chi connectivity index (χ0n) is 6.95. The molecule has 1 heterocycles. The molecule has 3 atom stereocenters. The summed E-state index contributed by atoms with van der Waals surface area (Å²) in [6.45, 7) is 0.967. The Morgan fingerprint density at radius 3 is 2.50 bits per heavy atom. The molecule has 0 aromatic rings. The van der Waals surface area contributed by atoms with Crippen LogP contribution in [0.2, 0.25) is 0 Å². The highest BCUT2D eigenvalue weighted by Gasteiger charge is 2.41. The summed E-state index contributed by atoms with van der Waals surface area (Å²) >= 11 is 0. The van der Waals surface area contributed by atoms with Crippen LogP contribution < -0.4 is 11.1 Å². The first-order chi connectivity index (χ1) is 5.29. The summed E-state index contributed by atoms with van der Waals surface area (Å²) < 4.78 is 0. The molecule has 0 aromatic carbocycles. The van der Waals surface area contributed by atoms with Crippen LogP contribution in [0.25, 0.3) is 0 Å². The molecular formula is C8H15ClN2O. The largest absolute Gasteiger partial charge is 0.369 e. The number of carbonyl (C=O) groups is 1. The first-order valence-electron chi connectivity index (χ1n) is 4.32. The van der Waals surface area contributed by atoms with Gasteiger partial charge in [0.05, 0.1) is 0 Å². The molecule has 2 aliphatic rings. The number of amides is 1. The van der Waals surface area contributed by atoms with Gasteiger partial charge < -0.3 is 11.1 Å². The second-order valence-corrected chi connectivity index (χ2v) is 3.60. The van der Waals surface area contributed by atoms with Crippen molar-refractivity contribution in [2.24, 2.45) is 17.6 Å². The molecule has 1 aliphatic carbocycles. The van der Waals surface area contributed by atoms with Gasteiger partial charge in [-0.3, -0.25) is 4.79 Å². The van der Waals surface area contributed by atoms with E-state index < -0.39 is 0 Å². The molecule has 2 fully saturated rings. The summed E-state index contributed by atoms with van der Waals surface area (Å²) in [4.78, 5) is 10.9. The average molecular weight is 191 g/mol. The van der Waals surface area contributed by atoms with Crippen LogP contribution >= 0.6 is 12.4 Å². The van der Waals surface area contributed by atoms with Crippen LogP contribution in [0.4, 0.5) is 0 Å². The molecule has 0 bridgehead atoms. The zero-order chi connectivity index (χ0) is 7.84. The van der Waals surface area contributed by atoms with E-state index in [1.165, 1.54) is 12.8 Å². The maximum absolute atomic E-state index is 10.9. The second kappa shape index (κ2) is 3.62. The number of nitrogens with one attached hydrogen (secondary N) is 1. The number of nitrogens with two attached hydrogens (primary N) is 1. The molecule has 3 nitrogen and oxygen atoms in total. The number of hydrogen-bond acceptors (Lipinski definition) is 2. The molecule has 12 heavy (non-hydrogen) atoms. The zero-order valence-corrected chi connectivity index (χ0v) is 7.77. The Kier molecular flexibility index (Phi) is 2.96. The smallest absolute Gasteiger partial charge is 0.220 e. The van der Waals surface area contributed by atoms with E-state index in [1.54, 1.807) is 0 Å². The summed E-state index contributed by atoms with van der Waals surface area (Å²) in [5.41, 5.74) is 5.29. The van der Waals surface area contributed by atoms with Crippen molar-refractivity contribution in [3.05, 3.63) is 0 Å². The van der Waals surface area contributed by atoms with E-state index in [1.807, 2.05) is 0 Å². The van der Waals surface area contributed by atoms with Crippen LogP contribution in [0.15, 0.2) is 0 Å². The Morgan fingerprint density at radius 1 is 1.33 bits per heavy atom. The third-order valence-electron chi connectivity index (χ3n) is 3.07. The molecule has 1 saturated carbocycles. The predicted molar refractivity (Wildman–Crippen MR) is 49.1 cm³/mol. The molecule has 70 valence electrons. The number of halogens is 1. The predicted octanol–water partition coefficient (Wildman–Crippen LogP) is 0.282. The van der Waals surface area contributed by atoms with E-state index in [-0.39, 0.29) is 24.2 Å². The van der Waals surface area contributed by atoms with Crippen molar-refractivity contribution in [1.29, 1.82) is 0 Å². The number of rotatable bonds is 1. The van der Waals surface area contributed by atoms with Gasteiger partial charge in [-0.1, -0.05) is 0 Å². The molecule has 0 aromatic heterocycles. The van der Waals surface area contributed by atoms with Crippen LogP contribution in [-0.4, -0.2) is 18.5 Å². The van der Waals surface area contributed by atoms with E-state index in [0.717, 1.165) is 13.0 Å². The number of piperidine rings is 1. The lowest BCUT2D eigenvalue weighted by molar-refractivity contribution is -0.126. The first kappa shape index (κ1) is 9.81. The minimum atomic E-state index is -0.0961. The molecule has 1 amide bonds. The van der Waals surface area contributed by atoms with Crippen molar-refractivity contribution in [2.75, 3.05) is 6.54 Å². The van der Waals surface area contributed by atoms with Crippen LogP contribution in [0, 0.1) is 11.8 Å². The van der Waals surface area contributed by atoms with Gasteiger partial charge in [0.25, 0.3) is 0 Å². The number of hydrogen-bond donors (Lipinski definition) is 2. The lowest BCUT2D eigenvalue weighted by Crippen LogP contribution is -2.55. The Bertz CT molecular complexity index is 186. The standard InChI is InChI=1S/C8H14N2O.ClH/c9-8(11)6-3-4-10-7-2-1-5(6)7;/h5-7,10H,1-4H2,(H2,9,11);1H. The third-order valence-corrected chi connectivity index (χ3v) is 3.07. The SMILES string of the molecule is Cl.NC(=O)C1CCNC2CCC21. The van der Waals surface area contributed by atoms with E-state index in [9.17, 15) is 4.79 Å². The highest BCUT2D eigenvalue weighted by Crippen LogP contribution is 2.37. The molecule has 4 heteroatoms. The Balaban J connectivity index is 0.000000720. The lowest BCUT2D eigenvalue weighted by Gasteiger charge is -2.45. The minimum absolute atomic E-state index is 0. The summed E-state index contributed by atoms with van der Waals surface area (Å²) in [6.07, 6.45) is 3.36. The van der Waals surface area contributed by atoms with Gasteiger partial charge in [0.1, 0.15) is 0 Å². The van der Waals surface area contributed by atoms with E-state index >= 15 is 0 Å². The van der Waals surface area contributed by atoms with Gasteiger partial charge in [-0.15, -0.1) is 12.4 Å². The fraction of sp³-hybridized carbons (Fsp3) is 0.875. The van der Waals surface area contributed by atoms with E-state index in [0.29, 0.717) is 12.0 Å². The first-order valence-corrected chi connectivity index (χ1v) is 4.32. The van der Waals surface area contributed by atoms with E-state index in [2.05, 4.69) is 5.32 Å². The van der Waals surface area contributed by atoms with Gasteiger partial charge in [0.15, 0.2) is 0 Å². The quantitative estimate of drug-likeness (QED) is 0.624. The monoisotopic (exact) mass is 190 g/mol. The summed E-state index contributed by atoms with van der Waals surface area (Å²) in [6, 6.07) is 0.598. The summed E-state index contributed by atoms with van der Waals surface area (Å²) in [7, 11) is 0. The Morgan fingerprint density at radius 2 is 2.08 bits per heavy atom. The van der Waals surface area contributed by atoms with Crippen LogP contribution in [-0.2, 0) is 4.79 Å². The fourth-order valence-electron chi connectivity index (χ4n) is 2.25. The normalized spacial score (nSPS) is 38.8. The van der Waals surface area contributed by atoms with Gasteiger partial charge in [-0.25, -0.2) is 0 Å². The molecule has 0 radical (unpaired) electrons. The maximum atomic E-state index is 10.9. The molecule has 3 unspecified atom stereocenters. The van der Waals surface area contributed by atoms with Crippen molar-refractivity contribution >= 4 is 18.3 Å². The van der Waals surface area contributed by atoms with Gasteiger partial charge in [-0.2, -0.15) is 0 Å². The van der Waals surface area contributed by atoms with Crippen molar-refractivity contribution in [1.82, 2.24) is 5.32 Å². The lowest BCUT2D eigenvalue weighted by atomic mass is 9.68. The van der Waals surface area contributed by atoms with Crippen molar-refractivity contribution in [3.63, 3.8) is 0 Å². The Labute approximate surface area is 78.5 Å². The second-order valence-electron chi connectivity index (χ2n) is 3.60. The minimum Gasteiger partial charge on any atom is -0.369 e. The van der Waals surface area contributed by atoms with Crippen molar-refractivity contribution < 1.29 is 4.79 Å². The average Bonchev–Trinajstić information content (AvgIpc) is 1.90. The van der Waals surface area contributed by atoms with Gasteiger partial charge in [0, 0.05) is 12.0 Å². The molecule has 1 aliphatic heterocycles. The van der Waals surface area contributed by atoms with Gasteiger partial charge in [0.2, 0.25) is 5.91 Å². The molecule has 1 saturated heterocycles. The third kappa shape index (κ3) is 1.43. The molecular weight excluding hydrogens is 176 g/mol. The highest BCUT2D eigenvalue weighted by molar-refractivity contribution is 5.85. The fourth-order valence-corrected chi connectivity index (χ4v) is 2.25. The van der Waals surface area contributed by atoms with Gasteiger partial charge >= 0.3 is 0 Å². The highest BCUT2D eigenvalue weighted by atomic mass is 35.5. The van der Waals surface area contributed by atoms with E-state index in [4.69, 9.17) is 5.73 Å². The topological polar surface area (TPSA) is 55.1 Å². The molecule has 3 N–H and O–H groups in total. The summed E-state index contributed by atoms with van der Waals surface area (Å²) in [5, 5.41) is 3.40. The van der Waals surface area contributed by atoms with Crippen molar-refractivity contribution in [3.8, 4) is 0 Å². The number of primary amides is 1. The van der Waals surface area contributed by atoms with Crippen molar-refractivity contribution in [2.45, 2.75) is 25.3 Å². The molecule has 0 spiro atoms. The Hall–Kier alpha value is -0.280. The molecule has 2 rings (SSSR count). The van der Waals surface area contributed by atoms with Gasteiger partial charge in [-0.05, 0) is 31.7 Å².